The third-order valence-corrected chi connectivity index (χ3v) is 2.86. The molecule has 7 heteroatoms. The number of alkyl carbamates (subject to hydrolysis) is 1. The van der Waals surface area contributed by atoms with E-state index in [1.165, 1.54) is 4.90 Å². The van der Waals surface area contributed by atoms with E-state index in [2.05, 4.69) is 5.32 Å². The topological polar surface area (TPSA) is 103 Å². The zero-order valence-electron chi connectivity index (χ0n) is 12.0. The lowest BCUT2D eigenvalue weighted by atomic mass is 10.2. The molecule has 0 aromatic rings. The van der Waals surface area contributed by atoms with Crippen molar-refractivity contribution in [2.24, 2.45) is 0 Å². The van der Waals surface area contributed by atoms with Crippen molar-refractivity contribution in [1.29, 1.82) is 5.26 Å². The molecular weight excluding hydrogens is 262 g/mol. The molecule has 1 fully saturated rings. The third kappa shape index (κ3) is 4.38. The van der Waals surface area contributed by atoms with Crippen LogP contribution < -0.4 is 5.32 Å². The lowest BCUT2D eigenvalue weighted by Crippen LogP contribution is -2.52. The van der Waals surface area contributed by atoms with E-state index in [1.807, 2.05) is 6.07 Å². The van der Waals surface area contributed by atoms with Gasteiger partial charge < -0.3 is 20.1 Å². The normalized spacial score (nSPS) is 20.1. The summed E-state index contributed by atoms with van der Waals surface area (Å²) >= 11 is 0. The molecule has 112 valence electrons. The molecule has 0 bridgehead atoms. The van der Waals surface area contributed by atoms with Gasteiger partial charge in [-0.1, -0.05) is 0 Å². The molecule has 0 radical (unpaired) electrons. The van der Waals surface area contributed by atoms with E-state index in [0.29, 0.717) is 13.0 Å². The molecule has 1 aliphatic rings. The lowest BCUT2D eigenvalue weighted by Gasteiger charge is -2.26. The van der Waals surface area contributed by atoms with Crippen molar-refractivity contribution in [1.82, 2.24) is 10.2 Å². The molecule has 2 N–H and O–H groups in total. The Hall–Kier alpha value is -1.81. The molecule has 1 saturated heterocycles. The Kier molecular flexibility index (Phi) is 5.34. The van der Waals surface area contributed by atoms with Crippen molar-refractivity contribution in [3.05, 3.63) is 0 Å². The second-order valence-corrected chi connectivity index (χ2v) is 5.70. The number of nitrogens with one attached hydrogen (secondary N) is 1. The van der Waals surface area contributed by atoms with Crippen LogP contribution in [0.1, 0.15) is 33.6 Å². The molecule has 1 aliphatic heterocycles. The van der Waals surface area contributed by atoms with Gasteiger partial charge in [-0.15, -0.1) is 0 Å². The third-order valence-electron chi connectivity index (χ3n) is 2.86. The van der Waals surface area contributed by atoms with Gasteiger partial charge in [0.15, 0.2) is 0 Å². The molecule has 0 unspecified atom stereocenters. The monoisotopic (exact) mass is 283 g/mol. The average Bonchev–Trinajstić information content (AvgIpc) is 2.81. The summed E-state index contributed by atoms with van der Waals surface area (Å²) in [6.07, 6.45) is 0.596. The van der Waals surface area contributed by atoms with E-state index >= 15 is 0 Å². The summed E-state index contributed by atoms with van der Waals surface area (Å²) in [6, 6.07) is 0.472. The van der Waals surface area contributed by atoms with Crippen LogP contribution in [0.2, 0.25) is 0 Å². The predicted octanol–water partition coefficient (Wildman–Crippen LogP) is 0.387. The number of carbonyl (C=O) groups is 2. The van der Waals surface area contributed by atoms with Gasteiger partial charge in [-0.3, -0.25) is 4.79 Å². The smallest absolute Gasteiger partial charge is 0.408 e. The van der Waals surface area contributed by atoms with Crippen molar-refractivity contribution < 1.29 is 19.4 Å². The van der Waals surface area contributed by atoms with E-state index in [-0.39, 0.29) is 0 Å². The fourth-order valence-corrected chi connectivity index (χ4v) is 2.00. The number of rotatable bonds is 3. The van der Waals surface area contributed by atoms with Crippen molar-refractivity contribution in [2.45, 2.75) is 51.3 Å². The molecule has 1 heterocycles. The Morgan fingerprint density at radius 3 is 2.70 bits per heavy atom. The number of aliphatic hydroxyl groups excluding tert-OH is 1. The molecule has 0 spiro atoms. The molecule has 0 aromatic heterocycles. The Bertz CT molecular complexity index is 411. The molecule has 7 nitrogen and oxygen atoms in total. The Morgan fingerprint density at radius 1 is 1.55 bits per heavy atom. The van der Waals surface area contributed by atoms with Gasteiger partial charge in [-0.05, 0) is 33.6 Å². The fraction of sp³-hybridized carbons (Fsp3) is 0.769. The predicted molar refractivity (Wildman–Crippen MR) is 70.6 cm³/mol. The molecule has 2 amide bonds. The van der Waals surface area contributed by atoms with Crippen LogP contribution in [0.5, 0.6) is 0 Å². The molecule has 0 aromatic carbocycles. The van der Waals surface area contributed by atoms with Crippen LogP contribution in [0.4, 0.5) is 4.79 Å². The van der Waals surface area contributed by atoms with Crippen molar-refractivity contribution in [2.75, 3.05) is 13.2 Å². The molecule has 1 rings (SSSR count). The summed E-state index contributed by atoms with van der Waals surface area (Å²) in [4.78, 5) is 25.2. The number of aliphatic hydroxyl groups is 1. The first kappa shape index (κ1) is 16.2. The fourth-order valence-electron chi connectivity index (χ4n) is 2.00. The maximum absolute atomic E-state index is 12.2. The Morgan fingerprint density at radius 2 is 2.20 bits per heavy atom. The first-order chi connectivity index (χ1) is 9.28. The summed E-state index contributed by atoms with van der Waals surface area (Å²) in [5, 5.41) is 20.6. The van der Waals surface area contributed by atoms with Crippen LogP contribution in [-0.2, 0) is 9.53 Å². The van der Waals surface area contributed by atoms with Crippen LogP contribution in [0, 0.1) is 11.3 Å². The summed E-state index contributed by atoms with van der Waals surface area (Å²) in [5.41, 5.74) is -0.685. The summed E-state index contributed by atoms with van der Waals surface area (Å²) < 4.78 is 5.04. The standard InChI is InChI=1S/C13H21N3O4/c1-13(2,3)20-12(19)15-10(8-17)11(18)16-6-4-5-9(16)7-14/h9-10,17H,4-6,8H2,1-3H3,(H,15,19)/t9-,10-/m0/s1. The second-order valence-electron chi connectivity index (χ2n) is 5.70. The van der Waals surface area contributed by atoms with E-state index in [9.17, 15) is 14.7 Å². The van der Waals surface area contributed by atoms with Crippen molar-refractivity contribution in [3.8, 4) is 6.07 Å². The highest BCUT2D eigenvalue weighted by Gasteiger charge is 2.34. The van der Waals surface area contributed by atoms with Crippen LogP contribution in [0.25, 0.3) is 0 Å². The average molecular weight is 283 g/mol. The van der Waals surface area contributed by atoms with Gasteiger partial charge in [0.2, 0.25) is 5.91 Å². The number of carbonyl (C=O) groups excluding carboxylic acids is 2. The first-order valence-electron chi connectivity index (χ1n) is 6.59. The summed E-state index contributed by atoms with van der Waals surface area (Å²) in [5.74, 6) is -0.456. The molecule has 0 saturated carbocycles. The molecule has 20 heavy (non-hydrogen) atoms. The highest BCUT2D eigenvalue weighted by molar-refractivity contribution is 5.86. The van der Waals surface area contributed by atoms with Crippen LogP contribution >= 0.6 is 0 Å². The first-order valence-corrected chi connectivity index (χ1v) is 6.59. The zero-order valence-corrected chi connectivity index (χ0v) is 12.0. The van der Waals surface area contributed by atoms with Crippen molar-refractivity contribution in [3.63, 3.8) is 0 Å². The van der Waals surface area contributed by atoms with Gasteiger partial charge in [0, 0.05) is 6.54 Å². The quantitative estimate of drug-likeness (QED) is 0.779. The Labute approximate surface area is 118 Å². The summed E-state index contributed by atoms with van der Waals surface area (Å²) in [6.45, 7) is 5.04. The second kappa shape index (κ2) is 6.57. The van der Waals surface area contributed by atoms with Crippen LogP contribution in [-0.4, -0.2) is 52.8 Å². The zero-order chi connectivity index (χ0) is 15.3. The number of hydrogen-bond donors (Lipinski definition) is 2. The molecule has 0 aliphatic carbocycles. The maximum Gasteiger partial charge on any atom is 0.408 e. The highest BCUT2D eigenvalue weighted by Crippen LogP contribution is 2.17. The van der Waals surface area contributed by atoms with Gasteiger partial charge in [-0.2, -0.15) is 5.26 Å². The largest absolute Gasteiger partial charge is 0.444 e. The minimum Gasteiger partial charge on any atom is -0.444 e. The molecule has 2 atom stereocenters. The van der Waals surface area contributed by atoms with E-state index in [4.69, 9.17) is 10.00 Å². The number of ether oxygens (including phenoxy) is 1. The van der Waals surface area contributed by atoms with E-state index in [1.54, 1.807) is 20.8 Å². The number of nitriles is 1. The number of nitrogens with zero attached hydrogens (tertiary/aromatic N) is 2. The minimum absolute atomic E-state index is 0.456. The minimum atomic E-state index is -1.08. The number of likely N-dealkylation sites (tertiary alicyclic amines) is 1. The summed E-state index contributed by atoms with van der Waals surface area (Å²) in [7, 11) is 0. The highest BCUT2D eigenvalue weighted by atomic mass is 16.6. The number of amides is 2. The van der Waals surface area contributed by atoms with Gasteiger partial charge in [0.25, 0.3) is 0 Å². The molecular formula is C13H21N3O4. The van der Waals surface area contributed by atoms with Crippen LogP contribution in [0.3, 0.4) is 0 Å². The van der Waals surface area contributed by atoms with Crippen LogP contribution in [0.15, 0.2) is 0 Å². The van der Waals surface area contributed by atoms with Crippen molar-refractivity contribution >= 4 is 12.0 Å². The van der Waals surface area contributed by atoms with Gasteiger partial charge in [0.05, 0.1) is 12.7 Å². The van der Waals surface area contributed by atoms with E-state index in [0.717, 1.165) is 6.42 Å². The van der Waals surface area contributed by atoms with Gasteiger partial charge in [0.1, 0.15) is 17.7 Å². The van der Waals surface area contributed by atoms with E-state index < -0.39 is 36.3 Å². The van der Waals surface area contributed by atoms with Gasteiger partial charge in [-0.25, -0.2) is 4.79 Å². The van der Waals surface area contributed by atoms with Gasteiger partial charge >= 0.3 is 6.09 Å². The number of hydrogen-bond acceptors (Lipinski definition) is 5. The SMILES string of the molecule is CC(C)(C)OC(=O)N[C@@H](CO)C(=O)N1CCC[C@H]1C#N. The maximum atomic E-state index is 12.2. The Balaban J connectivity index is 2.64. The lowest BCUT2D eigenvalue weighted by molar-refractivity contribution is -0.134.